The SMILES string of the molecule is C[C@H]1OCCN[C@@H]1C(=O)NCc1ccc(Cl)cc1Cl.Cl. The molecule has 2 N–H and O–H groups in total. The second-order valence-electron chi connectivity index (χ2n) is 4.46. The Hall–Kier alpha value is -0.520. The molecule has 1 aliphatic rings. The molecule has 0 aromatic heterocycles. The van der Waals surface area contributed by atoms with Crippen LogP contribution >= 0.6 is 35.6 Å². The zero-order valence-corrected chi connectivity index (χ0v) is 13.3. The average molecular weight is 340 g/mol. The van der Waals surface area contributed by atoms with Crippen molar-refractivity contribution in [2.24, 2.45) is 0 Å². The molecule has 0 bridgehead atoms. The number of morpholine rings is 1. The molecule has 0 radical (unpaired) electrons. The van der Waals surface area contributed by atoms with Crippen LogP contribution in [0.5, 0.6) is 0 Å². The predicted molar refractivity (Wildman–Crippen MR) is 82.8 cm³/mol. The van der Waals surface area contributed by atoms with Crippen molar-refractivity contribution in [1.29, 1.82) is 0 Å². The molecule has 0 spiro atoms. The maximum atomic E-state index is 12.0. The summed E-state index contributed by atoms with van der Waals surface area (Å²) in [4.78, 5) is 12.0. The number of hydrogen-bond acceptors (Lipinski definition) is 3. The molecule has 7 heteroatoms. The third-order valence-electron chi connectivity index (χ3n) is 3.07. The van der Waals surface area contributed by atoms with Crippen molar-refractivity contribution in [3.05, 3.63) is 33.8 Å². The summed E-state index contributed by atoms with van der Waals surface area (Å²) in [7, 11) is 0. The number of hydrogen-bond donors (Lipinski definition) is 2. The van der Waals surface area contributed by atoms with E-state index in [0.29, 0.717) is 29.7 Å². The Kier molecular flexibility index (Phi) is 7.06. The Morgan fingerprint density at radius 2 is 2.25 bits per heavy atom. The first-order valence-electron chi connectivity index (χ1n) is 6.14. The van der Waals surface area contributed by atoms with Crippen molar-refractivity contribution in [3.63, 3.8) is 0 Å². The molecule has 0 aliphatic carbocycles. The van der Waals surface area contributed by atoms with Gasteiger partial charge in [-0.05, 0) is 24.6 Å². The van der Waals surface area contributed by atoms with E-state index in [1.54, 1.807) is 18.2 Å². The average Bonchev–Trinajstić information content (AvgIpc) is 2.38. The molecule has 4 nitrogen and oxygen atoms in total. The van der Waals surface area contributed by atoms with Crippen LogP contribution in [-0.2, 0) is 16.1 Å². The van der Waals surface area contributed by atoms with Crippen molar-refractivity contribution in [3.8, 4) is 0 Å². The second kappa shape index (κ2) is 8.05. The van der Waals surface area contributed by atoms with Gasteiger partial charge in [0.2, 0.25) is 5.91 Å². The molecule has 1 heterocycles. The van der Waals surface area contributed by atoms with Gasteiger partial charge in [0.05, 0.1) is 12.7 Å². The van der Waals surface area contributed by atoms with Crippen LogP contribution < -0.4 is 10.6 Å². The van der Waals surface area contributed by atoms with Gasteiger partial charge in [0, 0.05) is 23.1 Å². The van der Waals surface area contributed by atoms with Crippen molar-refractivity contribution in [2.45, 2.75) is 25.6 Å². The predicted octanol–water partition coefficient (Wildman–Crippen LogP) is 2.41. The zero-order chi connectivity index (χ0) is 13.8. The molecule has 2 atom stereocenters. The Labute approximate surface area is 134 Å². The maximum Gasteiger partial charge on any atom is 0.240 e. The van der Waals surface area contributed by atoms with Gasteiger partial charge in [-0.2, -0.15) is 0 Å². The van der Waals surface area contributed by atoms with Gasteiger partial charge < -0.3 is 15.4 Å². The smallest absolute Gasteiger partial charge is 0.240 e. The largest absolute Gasteiger partial charge is 0.375 e. The first-order valence-corrected chi connectivity index (χ1v) is 6.90. The van der Waals surface area contributed by atoms with E-state index in [2.05, 4.69) is 10.6 Å². The molecule has 0 unspecified atom stereocenters. The van der Waals surface area contributed by atoms with Gasteiger partial charge in [0.15, 0.2) is 0 Å². The van der Waals surface area contributed by atoms with Gasteiger partial charge in [-0.15, -0.1) is 12.4 Å². The topological polar surface area (TPSA) is 50.4 Å². The van der Waals surface area contributed by atoms with E-state index in [9.17, 15) is 4.79 Å². The molecule has 1 aromatic rings. The van der Waals surface area contributed by atoms with E-state index in [4.69, 9.17) is 27.9 Å². The number of halogens is 3. The Bertz CT molecular complexity index is 471. The summed E-state index contributed by atoms with van der Waals surface area (Å²) in [5.74, 6) is -0.0850. The standard InChI is InChI=1S/C13H16Cl2N2O2.ClH/c1-8-12(16-4-5-19-8)13(18)17-7-9-2-3-10(14)6-11(9)15;/h2-3,6,8,12,16H,4-5,7H2,1H3,(H,17,18);1H/t8-,12+;/m1./s1. The molecule has 20 heavy (non-hydrogen) atoms. The summed E-state index contributed by atoms with van der Waals surface area (Å²) in [6.07, 6.45) is -0.130. The van der Waals surface area contributed by atoms with Crippen LogP contribution in [0.15, 0.2) is 18.2 Å². The second-order valence-corrected chi connectivity index (χ2v) is 5.30. The number of benzene rings is 1. The van der Waals surface area contributed by atoms with Crippen LogP contribution in [0.1, 0.15) is 12.5 Å². The Balaban J connectivity index is 0.00000200. The van der Waals surface area contributed by atoms with Crippen LogP contribution in [0, 0.1) is 0 Å². The number of ether oxygens (including phenoxy) is 1. The molecule has 2 rings (SSSR count). The molecule has 112 valence electrons. The number of nitrogens with one attached hydrogen (secondary N) is 2. The van der Waals surface area contributed by atoms with Gasteiger partial charge >= 0.3 is 0 Å². The summed E-state index contributed by atoms with van der Waals surface area (Å²) >= 11 is 11.9. The van der Waals surface area contributed by atoms with Crippen LogP contribution in [0.2, 0.25) is 10.0 Å². The summed E-state index contributed by atoms with van der Waals surface area (Å²) in [5, 5.41) is 7.12. The summed E-state index contributed by atoms with van der Waals surface area (Å²) in [6.45, 7) is 3.57. The highest BCUT2D eigenvalue weighted by atomic mass is 35.5. The lowest BCUT2D eigenvalue weighted by Crippen LogP contribution is -2.55. The van der Waals surface area contributed by atoms with Gasteiger partial charge in [-0.1, -0.05) is 29.3 Å². The van der Waals surface area contributed by atoms with Gasteiger partial charge in [-0.25, -0.2) is 0 Å². The molecule has 1 aromatic carbocycles. The lowest BCUT2D eigenvalue weighted by Gasteiger charge is -2.29. The highest BCUT2D eigenvalue weighted by Gasteiger charge is 2.27. The normalized spacial score (nSPS) is 21.9. The lowest BCUT2D eigenvalue weighted by molar-refractivity contribution is -0.129. The van der Waals surface area contributed by atoms with Gasteiger partial charge in [0.1, 0.15) is 6.04 Å². The highest BCUT2D eigenvalue weighted by molar-refractivity contribution is 6.35. The lowest BCUT2D eigenvalue weighted by atomic mass is 10.1. The highest BCUT2D eigenvalue weighted by Crippen LogP contribution is 2.20. The first-order chi connectivity index (χ1) is 9.08. The molecular weight excluding hydrogens is 323 g/mol. The fraction of sp³-hybridized carbons (Fsp3) is 0.462. The minimum atomic E-state index is -0.320. The molecular formula is C13H17Cl3N2O2. The minimum Gasteiger partial charge on any atom is -0.375 e. The Morgan fingerprint density at radius 1 is 1.50 bits per heavy atom. The number of amides is 1. The fourth-order valence-electron chi connectivity index (χ4n) is 1.98. The van der Waals surface area contributed by atoms with Crippen molar-refractivity contribution in [1.82, 2.24) is 10.6 Å². The van der Waals surface area contributed by atoms with Crippen molar-refractivity contribution >= 4 is 41.5 Å². The van der Waals surface area contributed by atoms with E-state index < -0.39 is 0 Å². The van der Waals surface area contributed by atoms with E-state index in [-0.39, 0.29) is 30.5 Å². The number of carbonyl (C=O) groups is 1. The molecule has 1 aliphatic heterocycles. The van der Waals surface area contributed by atoms with E-state index in [1.165, 1.54) is 0 Å². The van der Waals surface area contributed by atoms with Crippen LogP contribution in [0.25, 0.3) is 0 Å². The van der Waals surface area contributed by atoms with Gasteiger partial charge in [-0.3, -0.25) is 4.79 Å². The quantitative estimate of drug-likeness (QED) is 0.889. The third kappa shape index (κ3) is 4.50. The number of carbonyl (C=O) groups excluding carboxylic acids is 1. The first kappa shape index (κ1) is 17.5. The maximum absolute atomic E-state index is 12.0. The summed E-state index contributed by atoms with van der Waals surface area (Å²) in [6, 6.07) is 4.90. The van der Waals surface area contributed by atoms with Crippen LogP contribution in [0.4, 0.5) is 0 Å². The van der Waals surface area contributed by atoms with E-state index in [0.717, 1.165) is 5.56 Å². The zero-order valence-electron chi connectivity index (χ0n) is 11.0. The third-order valence-corrected chi connectivity index (χ3v) is 3.65. The summed E-state index contributed by atoms with van der Waals surface area (Å²) in [5.41, 5.74) is 0.837. The summed E-state index contributed by atoms with van der Waals surface area (Å²) < 4.78 is 5.44. The Morgan fingerprint density at radius 3 is 2.90 bits per heavy atom. The van der Waals surface area contributed by atoms with E-state index >= 15 is 0 Å². The molecule has 1 amide bonds. The van der Waals surface area contributed by atoms with E-state index in [1.807, 2.05) is 6.92 Å². The van der Waals surface area contributed by atoms with Crippen molar-refractivity contribution in [2.75, 3.05) is 13.2 Å². The monoisotopic (exact) mass is 338 g/mol. The molecule has 1 fully saturated rings. The van der Waals surface area contributed by atoms with Crippen LogP contribution in [0.3, 0.4) is 0 Å². The molecule has 1 saturated heterocycles. The van der Waals surface area contributed by atoms with Gasteiger partial charge in [0.25, 0.3) is 0 Å². The number of rotatable bonds is 3. The molecule has 0 saturated carbocycles. The fourth-order valence-corrected chi connectivity index (χ4v) is 2.46. The van der Waals surface area contributed by atoms with Crippen molar-refractivity contribution < 1.29 is 9.53 Å². The minimum absolute atomic E-state index is 0. The van der Waals surface area contributed by atoms with Crippen LogP contribution in [-0.4, -0.2) is 31.2 Å².